The van der Waals surface area contributed by atoms with E-state index in [9.17, 15) is 14.7 Å². The van der Waals surface area contributed by atoms with Gasteiger partial charge in [-0.2, -0.15) is 0 Å². The lowest BCUT2D eigenvalue weighted by molar-refractivity contribution is -0.148. The fraction of sp³-hybridized carbons (Fsp3) is 0.417. The highest BCUT2D eigenvalue weighted by Crippen LogP contribution is 2.42. The molecule has 1 aliphatic rings. The molecule has 0 saturated heterocycles. The normalized spacial score (nSPS) is 21.6. The largest absolute Gasteiger partial charge is 0.481 e. The van der Waals surface area contributed by atoms with Crippen LogP contribution in [0, 0.1) is 11.8 Å². The topological polar surface area (TPSA) is 78.4 Å². The SMILES string of the molecule is CNc1ccc([C@H]2CCC[C@@H](C(=O)Nc3ccc(C(C)C)cc3)[C@H]2C(=O)O)cc1. The van der Waals surface area contributed by atoms with E-state index in [0.717, 1.165) is 24.1 Å². The van der Waals surface area contributed by atoms with Gasteiger partial charge in [0.2, 0.25) is 5.91 Å². The van der Waals surface area contributed by atoms with E-state index >= 15 is 0 Å². The van der Waals surface area contributed by atoms with Crippen LogP contribution in [0.15, 0.2) is 48.5 Å². The minimum absolute atomic E-state index is 0.161. The summed E-state index contributed by atoms with van der Waals surface area (Å²) in [5, 5.41) is 16.0. The smallest absolute Gasteiger partial charge is 0.307 e. The maximum atomic E-state index is 13.0. The minimum Gasteiger partial charge on any atom is -0.481 e. The molecule has 0 radical (unpaired) electrons. The number of hydrogen-bond donors (Lipinski definition) is 3. The number of benzene rings is 2. The first-order chi connectivity index (χ1) is 13.9. The third kappa shape index (κ3) is 4.78. The molecule has 1 aliphatic carbocycles. The molecular formula is C24H30N2O3. The highest BCUT2D eigenvalue weighted by Gasteiger charge is 2.42. The van der Waals surface area contributed by atoms with Crippen molar-refractivity contribution in [3.63, 3.8) is 0 Å². The van der Waals surface area contributed by atoms with Gasteiger partial charge in [0, 0.05) is 18.4 Å². The molecule has 29 heavy (non-hydrogen) atoms. The average molecular weight is 395 g/mol. The Kier molecular flexibility index (Phi) is 6.57. The van der Waals surface area contributed by atoms with Crippen molar-refractivity contribution < 1.29 is 14.7 Å². The molecule has 1 fully saturated rings. The second-order valence-corrected chi connectivity index (χ2v) is 8.15. The van der Waals surface area contributed by atoms with Crippen LogP contribution in [0.3, 0.4) is 0 Å². The number of carboxylic acid groups (broad SMARTS) is 1. The summed E-state index contributed by atoms with van der Waals surface area (Å²) >= 11 is 0. The number of amides is 1. The molecule has 5 nitrogen and oxygen atoms in total. The molecular weight excluding hydrogens is 364 g/mol. The first kappa shape index (κ1) is 20.9. The summed E-state index contributed by atoms with van der Waals surface area (Å²) in [6.07, 6.45) is 2.22. The molecule has 0 aliphatic heterocycles. The van der Waals surface area contributed by atoms with Crippen LogP contribution in [0.25, 0.3) is 0 Å². The average Bonchev–Trinajstić information content (AvgIpc) is 2.73. The van der Waals surface area contributed by atoms with E-state index in [4.69, 9.17) is 0 Å². The summed E-state index contributed by atoms with van der Waals surface area (Å²) in [5.74, 6) is -2.11. The zero-order chi connectivity index (χ0) is 21.0. The predicted octanol–water partition coefficient (Wildman–Crippen LogP) is 5.07. The quantitative estimate of drug-likeness (QED) is 0.639. The van der Waals surface area contributed by atoms with Crippen LogP contribution in [0.4, 0.5) is 11.4 Å². The number of nitrogens with one attached hydrogen (secondary N) is 2. The number of aliphatic carboxylic acids is 1. The fourth-order valence-electron chi connectivity index (χ4n) is 4.29. The van der Waals surface area contributed by atoms with E-state index in [1.165, 1.54) is 5.56 Å². The van der Waals surface area contributed by atoms with Crippen molar-refractivity contribution >= 4 is 23.3 Å². The van der Waals surface area contributed by atoms with Gasteiger partial charge >= 0.3 is 5.97 Å². The third-order valence-corrected chi connectivity index (χ3v) is 5.99. The number of carbonyl (C=O) groups is 2. The van der Waals surface area contributed by atoms with Crippen molar-refractivity contribution in [2.45, 2.75) is 44.9 Å². The maximum Gasteiger partial charge on any atom is 0.307 e. The molecule has 2 aromatic carbocycles. The Hall–Kier alpha value is -2.82. The summed E-state index contributed by atoms with van der Waals surface area (Å²) in [5.41, 5.74) is 3.88. The van der Waals surface area contributed by atoms with Gasteiger partial charge in [-0.05, 0) is 60.1 Å². The van der Waals surface area contributed by atoms with Crippen molar-refractivity contribution in [1.82, 2.24) is 0 Å². The molecule has 0 bridgehead atoms. The van der Waals surface area contributed by atoms with Crippen molar-refractivity contribution in [2.24, 2.45) is 11.8 Å². The minimum atomic E-state index is -0.900. The van der Waals surface area contributed by atoms with Gasteiger partial charge in [0.25, 0.3) is 0 Å². The maximum absolute atomic E-state index is 13.0. The van der Waals surface area contributed by atoms with Crippen molar-refractivity contribution in [1.29, 1.82) is 0 Å². The lowest BCUT2D eigenvalue weighted by Crippen LogP contribution is -2.40. The Bertz CT molecular complexity index is 843. The van der Waals surface area contributed by atoms with Crippen molar-refractivity contribution in [3.05, 3.63) is 59.7 Å². The zero-order valence-corrected chi connectivity index (χ0v) is 17.3. The summed E-state index contributed by atoms with van der Waals surface area (Å²) in [6.45, 7) is 4.24. The van der Waals surface area contributed by atoms with Gasteiger partial charge in [-0.1, -0.05) is 44.5 Å². The zero-order valence-electron chi connectivity index (χ0n) is 17.3. The summed E-state index contributed by atoms with van der Waals surface area (Å²) < 4.78 is 0. The molecule has 3 rings (SSSR count). The highest BCUT2D eigenvalue weighted by molar-refractivity contribution is 5.95. The summed E-state index contributed by atoms with van der Waals surface area (Å²) in [4.78, 5) is 25.1. The molecule has 3 N–H and O–H groups in total. The van der Waals surface area contributed by atoms with Crippen LogP contribution < -0.4 is 10.6 Å². The molecule has 5 heteroatoms. The Morgan fingerprint density at radius 2 is 1.59 bits per heavy atom. The van der Waals surface area contributed by atoms with E-state index in [0.29, 0.717) is 18.0 Å². The number of hydrogen-bond acceptors (Lipinski definition) is 3. The lowest BCUT2D eigenvalue weighted by Gasteiger charge is -2.35. The van der Waals surface area contributed by atoms with Gasteiger partial charge in [0.05, 0.1) is 11.8 Å². The monoisotopic (exact) mass is 394 g/mol. The van der Waals surface area contributed by atoms with Crippen LogP contribution in [-0.2, 0) is 9.59 Å². The predicted molar refractivity (Wildman–Crippen MR) is 116 cm³/mol. The van der Waals surface area contributed by atoms with Gasteiger partial charge in [-0.15, -0.1) is 0 Å². The number of anilines is 2. The van der Waals surface area contributed by atoms with Crippen LogP contribution >= 0.6 is 0 Å². The van der Waals surface area contributed by atoms with Gasteiger partial charge < -0.3 is 15.7 Å². The molecule has 0 heterocycles. The van der Waals surface area contributed by atoms with Gasteiger partial charge in [-0.3, -0.25) is 9.59 Å². The second kappa shape index (κ2) is 9.12. The number of carbonyl (C=O) groups excluding carboxylic acids is 1. The molecule has 154 valence electrons. The van der Waals surface area contributed by atoms with Crippen molar-refractivity contribution in [3.8, 4) is 0 Å². The Morgan fingerprint density at radius 3 is 2.14 bits per heavy atom. The van der Waals surface area contributed by atoms with E-state index in [1.807, 2.05) is 55.6 Å². The van der Waals surface area contributed by atoms with Crippen LogP contribution in [0.5, 0.6) is 0 Å². The second-order valence-electron chi connectivity index (χ2n) is 8.15. The highest BCUT2D eigenvalue weighted by atomic mass is 16.4. The number of carboxylic acids is 1. The Morgan fingerprint density at radius 1 is 0.966 bits per heavy atom. The van der Waals surface area contributed by atoms with Crippen LogP contribution in [0.1, 0.15) is 56.1 Å². The molecule has 1 amide bonds. The van der Waals surface area contributed by atoms with Crippen molar-refractivity contribution in [2.75, 3.05) is 17.7 Å². The van der Waals surface area contributed by atoms with Gasteiger partial charge in [0.1, 0.15) is 0 Å². The Labute approximate surface area is 172 Å². The van der Waals surface area contributed by atoms with Gasteiger partial charge in [-0.25, -0.2) is 0 Å². The van der Waals surface area contributed by atoms with E-state index in [1.54, 1.807) is 0 Å². The Balaban J connectivity index is 1.79. The molecule has 0 spiro atoms. The van der Waals surface area contributed by atoms with E-state index in [-0.39, 0.29) is 11.8 Å². The molecule has 3 atom stereocenters. The third-order valence-electron chi connectivity index (χ3n) is 5.99. The molecule has 0 unspecified atom stereocenters. The first-order valence-electron chi connectivity index (χ1n) is 10.3. The van der Waals surface area contributed by atoms with Crippen LogP contribution in [0.2, 0.25) is 0 Å². The first-order valence-corrected chi connectivity index (χ1v) is 10.3. The van der Waals surface area contributed by atoms with E-state index in [2.05, 4.69) is 24.5 Å². The van der Waals surface area contributed by atoms with Crippen LogP contribution in [-0.4, -0.2) is 24.0 Å². The van der Waals surface area contributed by atoms with E-state index < -0.39 is 17.8 Å². The summed E-state index contributed by atoms with van der Waals surface area (Å²) in [6, 6.07) is 15.6. The molecule has 1 saturated carbocycles. The fourth-order valence-corrected chi connectivity index (χ4v) is 4.29. The number of rotatable bonds is 6. The lowest BCUT2D eigenvalue weighted by atomic mass is 9.69. The standard InChI is InChI=1S/C24H30N2O3/c1-15(2)16-7-13-19(14-8-16)26-23(27)21-6-4-5-20(22(21)24(28)29)17-9-11-18(25-3)12-10-17/h7-15,20-22,25H,4-6H2,1-3H3,(H,26,27)(H,28,29)/t20-,21-,22+/m1/s1. The van der Waals surface area contributed by atoms with Gasteiger partial charge in [0.15, 0.2) is 0 Å². The molecule has 0 aromatic heterocycles. The molecule has 2 aromatic rings. The summed E-state index contributed by atoms with van der Waals surface area (Å²) in [7, 11) is 1.85.